The van der Waals surface area contributed by atoms with Gasteiger partial charge in [-0.15, -0.1) is 0 Å². The highest BCUT2D eigenvalue weighted by molar-refractivity contribution is 5.65. The van der Waals surface area contributed by atoms with Crippen molar-refractivity contribution >= 4 is 6.09 Å². The smallest absolute Gasteiger partial charge is 0.407 e. The molecule has 0 aliphatic carbocycles. The number of likely N-dealkylation sites (N-methyl/N-ethyl adjacent to an activating group) is 1. The van der Waals surface area contributed by atoms with E-state index in [1.807, 2.05) is 12.1 Å². The first kappa shape index (κ1) is 14.3. The minimum Gasteiger partial charge on any atom is -0.465 e. The minimum atomic E-state index is -0.882. The minimum absolute atomic E-state index is 0.0403. The maximum atomic E-state index is 11.0. The van der Waals surface area contributed by atoms with Crippen molar-refractivity contribution in [3.8, 4) is 6.07 Å². The van der Waals surface area contributed by atoms with Crippen LogP contribution in [-0.2, 0) is 6.54 Å². The Kier molecular flexibility index (Phi) is 4.53. The van der Waals surface area contributed by atoms with E-state index < -0.39 is 6.09 Å². The summed E-state index contributed by atoms with van der Waals surface area (Å²) in [4.78, 5) is 18.6. The van der Waals surface area contributed by atoms with Crippen LogP contribution in [0.4, 0.5) is 4.79 Å². The third-order valence-corrected chi connectivity index (χ3v) is 3.68. The van der Waals surface area contributed by atoms with Crippen molar-refractivity contribution in [3.05, 3.63) is 29.6 Å². The van der Waals surface area contributed by atoms with E-state index in [1.165, 1.54) is 4.90 Å². The number of carbonyl (C=O) groups is 1. The largest absolute Gasteiger partial charge is 0.465 e. The van der Waals surface area contributed by atoms with E-state index in [1.54, 1.807) is 19.3 Å². The third-order valence-electron chi connectivity index (χ3n) is 3.68. The van der Waals surface area contributed by atoms with Crippen LogP contribution in [0, 0.1) is 11.3 Å². The molecule has 1 unspecified atom stereocenters. The number of likely N-dealkylation sites (tertiary alicyclic amines) is 1. The summed E-state index contributed by atoms with van der Waals surface area (Å²) < 4.78 is 0. The number of rotatable bonds is 3. The molecule has 1 fully saturated rings. The summed E-state index contributed by atoms with van der Waals surface area (Å²) >= 11 is 0. The zero-order chi connectivity index (χ0) is 14.5. The summed E-state index contributed by atoms with van der Waals surface area (Å²) in [5.74, 6) is 0. The lowest BCUT2D eigenvalue weighted by Crippen LogP contribution is -2.47. The van der Waals surface area contributed by atoms with Crippen LogP contribution in [0.5, 0.6) is 0 Å². The maximum absolute atomic E-state index is 11.0. The van der Waals surface area contributed by atoms with Crippen molar-refractivity contribution in [1.29, 1.82) is 5.26 Å². The average molecular weight is 274 g/mol. The highest BCUT2D eigenvalue weighted by atomic mass is 16.4. The normalized spacial score (nSPS) is 19.3. The van der Waals surface area contributed by atoms with E-state index >= 15 is 0 Å². The van der Waals surface area contributed by atoms with Crippen LogP contribution in [0.25, 0.3) is 0 Å². The van der Waals surface area contributed by atoms with Crippen molar-refractivity contribution in [2.24, 2.45) is 0 Å². The van der Waals surface area contributed by atoms with Gasteiger partial charge in [0.05, 0.1) is 0 Å². The summed E-state index contributed by atoms with van der Waals surface area (Å²) in [7, 11) is 1.62. The van der Waals surface area contributed by atoms with Gasteiger partial charge in [-0.3, -0.25) is 4.90 Å². The van der Waals surface area contributed by atoms with Gasteiger partial charge in [-0.1, -0.05) is 0 Å². The molecule has 0 radical (unpaired) electrons. The first-order chi connectivity index (χ1) is 9.60. The van der Waals surface area contributed by atoms with Crippen molar-refractivity contribution in [2.75, 3.05) is 20.1 Å². The Morgan fingerprint density at radius 3 is 3.20 bits per heavy atom. The number of nitrogens with zero attached hydrogens (tertiary/aromatic N) is 4. The quantitative estimate of drug-likeness (QED) is 0.904. The summed E-state index contributed by atoms with van der Waals surface area (Å²) in [6.45, 7) is 2.41. The fourth-order valence-electron chi connectivity index (χ4n) is 2.54. The molecule has 2 heterocycles. The van der Waals surface area contributed by atoms with Crippen LogP contribution in [0.15, 0.2) is 18.3 Å². The first-order valence-corrected chi connectivity index (χ1v) is 6.63. The Balaban J connectivity index is 1.99. The predicted molar refractivity (Wildman–Crippen MR) is 73.0 cm³/mol. The number of aromatic nitrogens is 1. The van der Waals surface area contributed by atoms with Crippen molar-refractivity contribution < 1.29 is 9.90 Å². The molecular formula is C14H18N4O2. The van der Waals surface area contributed by atoms with Crippen LogP contribution in [0.1, 0.15) is 24.1 Å². The third kappa shape index (κ3) is 3.45. The van der Waals surface area contributed by atoms with Gasteiger partial charge < -0.3 is 10.0 Å². The summed E-state index contributed by atoms with van der Waals surface area (Å²) in [5, 5.41) is 17.9. The van der Waals surface area contributed by atoms with Crippen molar-refractivity contribution in [3.63, 3.8) is 0 Å². The SMILES string of the molecule is CN(C(=O)O)C1CCCN(Cc2ccnc(C#N)c2)C1. The van der Waals surface area contributed by atoms with Crippen LogP contribution >= 0.6 is 0 Å². The number of pyridine rings is 1. The second-order valence-electron chi connectivity index (χ2n) is 5.09. The molecule has 1 aliphatic rings. The molecule has 1 aromatic heterocycles. The molecule has 6 heteroatoms. The lowest BCUT2D eigenvalue weighted by atomic mass is 10.0. The number of piperidine rings is 1. The number of nitriles is 1. The van der Waals surface area contributed by atoms with Crippen molar-refractivity contribution in [2.45, 2.75) is 25.4 Å². The van der Waals surface area contributed by atoms with Gasteiger partial charge in [-0.05, 0) is 37.1 Å². The summed E-state index contributed by atoms with van der Waals surface area (Å²) in [6, 6.07) is 5.75. The molecule has 1 atom stereocenters. The molecule has 0 saturated carbocycles. The molecule has 0 bridgehead atoms. The van der Waals surface area contributed by atoms with E-state index in [4.69, 9.17) is 10.4 Å². The molecule has 0 aromatic carbocycles. The molecule has 2 rings (SSSR count). The van der Waals surface area contributed by atoms with Gasteiger partial charge in [0.2, 0.25) is 0 Å². The Hall–Kier alpha value is -2.13. The highest BCUT2D eigenvalue weighted by Crippen LogP contribution is 2.17. The first-order valence-electron chi connectivity index (χ1n) is 6.63. The van der Waals surface area contributed by atoms with E-state index in [0.717, 1.165) is 38.0 Å². The Bertz CT molecular complexity index is 526. The molecule has 6 nitrogen and oxygen atoms in total. The lowest BCUT2D eigenvalue weighted by Gasteiger charge is -2.36. The molecule has 1 aromatic rings. The summed E-state index contributed by atoms with van der Waals surface area (Å²) in [5.41, 5.74) is 1.45. The number of amides is 1. The van der Waals surface area contributed by atoms with Crippen LogP contribution < -0.4 is 0 Å². The fourth-order valence-corrected chi connectivity index (χ4v) is 2.54. The Labute approximate surface area is 118 Å². The average Bonchev–Trinajstić information content (AvgIpc) is 2.47. The van der Waals surface area contributed by atoms with Gasteiger partial charge in [0.15, 0.2) is 0 Å². The number of carboxylic acid groups (broad SMARTS) is 1. The van der Waals surface area contributed by atoms with E-state index in [9.17, 15) is 4.79 Å². The standard InChI is InChI=1S/C14H18N4O2/c1-17(14(19)20)13-3-2-6-18(10-13)9-11-4-5-16-12(7-11)8-15/h4-5,7,13H,2-3,6,9-10H2,1H3,(H,19,20). The second-order valence-corrected chi connectivity index (χ2v) is 5.09. The van der Waals surface area contributed by atoms with Crippen LogP contribution in [0.2, 0.25) is 0 Å². The molecule has 20 heavy (non-hydrogen) atoms. The van der Waals surface area contributed by atoms with Gasteiger partial charge >= 0.3 is 6.09 Å². The maximum Gasteiger partial charge on any atom is 0.407 e. The highest BCUT2D eigenvalue weighted by Gasteiger charge is 2.25. The molecule has 1 saturated heterocycles. The van der Waals surface area contributed by atoms with Crippen LogP contribution in [-0.4, -0.2) is 52.2 Å². The second kappa shape index (κ2) is 6.35. The summed E-state index contributed by atoms with van der Waals surface area (Å²) in [6.07, 6.45) is 2.64. The molecule has 1 aliphatic heterocycles. The molecule has 0 spiro atoms. The number of hydrogen-bond donors (Lipinski definition) is 1. The van der Waals surface area contributed by atoms with Gasteiger partial charge in [0, 0.05) is 32.4 Å². The number of hydrogen-bond acceptors (Lipinski definition) is 4. The fraction of sp³-hybridized carbons (Fsp3) is 0.500. The predicted octanol–water partition coefficient (Wildman–Crippen LogP) is 1.53. The monoisotopic (exact) mass is 274 g/mol. The van der Waals surface area contributed by atoms with Gasteiger partial charge in [-0.2, -0.15) is 5.26 Å². The molecule has 106 valence electrons. The topological polar surface area (TPSA) is 80.5 Å². The van der Waals surface area contributed by atoms with Gasteiger partial charge in [-0.25, -0.2) is 9.78 Å². The lowest BCUT2D eigenvalue weighted by molar-refractivity contribution is 0.0952. The van der Waals surface area contributed by atoms with E-state index in [0.29, 0.717) is 5.69 Å². The zero-order valence-corrected chi connectivity index (χ0v) is 11.5. The molecular weight excluding hydrogens is 256 g/mol. The molecule has 1 amide bonds. The van der Waals surface area contributed by atoms with Crippen molar-refractivity contribution in [1.82, 2.24) is 14.8 Å². The zero-order valence-electron chi connectivity index (χ0n) is 11.5. The van der Waals surface area contributed by atoms with E-state index in [-0.39, 0.29) is 6.04 Å². The Morgan fingerprint density at radius 2 is 2.50 bits per heavy atom. The van der Waals surface area contributed by atoms with E-state index in [2.05, 4.69) is 9.88 Å². The van der Waals surface area contributed by atoms with Gasteiger partial charge in [0.25, 0.3) is 0 Å². The Morgan fingerprint density at radius 1 is 1.70 bits per heavy atom. The van der Waals surface area contributed by atoms with Crippen LogP contribution in [0.3, 0.4) is 0 Å². The molecule has 1 N–H and O–H groups in total. The van der Waals surface area contributed by atoms with Gasteiger partial charge in [0.1, 0.15) is 11.8 Å².